The highest BCUT2D eigenvalue weighted by atomic mass is 28.3. The van der Waals surface area contributed by atoms with Gasteiger partial charge < -0.3 is 0 Å². The average molecular weight is 732 g/mol. The van der Waals surface area contributed by atoms with Crippen molar-refractivity contribution in [1.29, 1.82) is 0 Å². The van der Waals surface area contributed by atoms with Gasteiger partial charge >= 0.3 is 0 Å². The standard InChI is InChI=1S/C52H37N3Si/c1-6-17-38(18-7-1)40-29-31-47-48-32-30-41(39-19-8-2-9-20-39)37-51(48)55(50(47)36-40)52-53-34-33-49(54-52)42-21-16-28-46(35-42)56(43-22-10-3-11-23-43,44-24-12-4-13-25-44)45-26-14-5-15-27-45/h1-37H. The molecule has 4 heteroatoms. The number of hydrogen-bond acceptors (Lipinski definition) is 2. The van der Waals surface area contributed by atoms with Gasteiger partial charge in [0.15, 0.2) is 8.07 Å². The molecular formula is C52H37N3Si. The van der Waals surface area contributed by atoms with E-state index in [1.54, 1.807) is 0 Å². The molecule has 0 saturated heterocycles. The minimum absolute atomic E-state index is 0.640. The Labute approximate surface area is 327 Å². The molecular weight excluding hydrogens is 695 g/mol. The fourth-order valence-electron chi connectivity index (χ4n) is 8.45. The first-order valence-electron chi connectivity index (χ1n) is 19.1. The van der Waals surface area contributed by atoms with Crippen LogP contribution >= 0.6 is 0 Å². The Morgan fingerprint density at radius 2 is 0.768 bits per heavy atom. The zero-order chi connectivity index (χ0) is 37.3. The number of nitrogens with zero attached hydrogens (tertiary/aromatic N) is 3. The molecule has 0 aliphatic carbocycles. The first-order valence-corrected chi connectivity index (χ1v) is 21.1. The molecule has 3 nitrogen and oxygen atoms in total. The first kappa shape index (κ1) is 33.4. The summed E-state index contributed by atoms with van der Waals surface area (Å²) in [7, 11) is -2.73. The highest BCUT2D eigenvalue weighted by Crippen LogP contribution is 2.36. The molecule has 0 N–H and O–H groups in total. The summed E-state index contributed by atoms with van der Waals surface area (Å²) in [4.78, 5) is 10.4. The maximum absolute atomic E-state index is 5.40. The van der Waals surface area contributed by atoms with E-state index in [2.05, 4.69) is 217 Å². The van der Waals surface area contributed by atoms with Crippen LogP contribution in [0.15, 0.2) is 225 Å². The van der Waals surface area contributed by atoms with Crippen LogP contribution < -0.4 is 20.7 Å². The lowest BCUT2D eigenvalue weighted by molar-refractivity contribution is 0.992. The Kier molecular flexibility index (Phi) is 8.51. The molecule has 0 bridgehead atoms. The van der Waals surface area contributed by atoms with Crippen molar-refractivity contribution in [2.45, 2.75) is 0 Å². The van der Waals surface area contributed by atoms with Crippen LogP contribution in [0.1, 0.15) is 0 Å². The molecule has 56 heavy (non-hydrogen) atoms. The lowest BCUT2D eigenvalue weighted by atomic mass is 10.0. The van der Waals surface area contributed by atoms with Gasteiger partial charge in [-0.2, -0.15) is 0 Å². The summed E-state index contributed by atoms with van der Waals surface area (Å²) in [6.45, 7) is 0. The maximum atomic E-state index is 5.40. The van der Waals surface area contributed by atoms with Crippen LogP contribution in [0, 0.1) is 0 Å². The fraction of sp³-hybridized carbons (Fsp3) is 0. The zero-order valence-electron chi connectivity index (χ0n) is 30.7. The second kappa shape index (κ2) is 14.3. The van der Waals surface area contributed by atoms with Crippen molar-refractivity contribution >= 4 is 50.6 Å². The molecule has 0 saturated carbocycles. The summed E-state index contributed by atoms with van der Waals surface area (Å²) in [5, 5.41) is 7.65. The van der Waals surface area contributed by atoms with Gasteiger partial charge in [0.2, 0.25) is 5.95 Å². The second-order valence-corrected chi connectivity index (χ2v) is 18.0. The summed E-state index contributed by atoms with van der Waals surface area (Å²) < 4.78 is 2.24. The second-order valence-electron chi connectivity index (χ2n) is 14.2. The number of fused-ring (bicyclic) bond motifs is 3. The molecule has 0 amide bonds. The van der Waals surface area contributed by atoms with Crippen molar-refractivity contribution in [3.8, 4) is 39.5 Å². The van der Waals surface area contributed by atoms with Gasteiger partial charge in [-0.05, 0) is 61.2 Å². The Morgan fingerprint density at radius 1 is 0.339 bits per heavy atom. The first-order chi connectivity index (χ1) is 27.8. The van der Waals surface area contributed by atoms with Crippen molar-refractivity contribution < 1.29 is 0 Å². The summed E-state index contributed by atoms with van der Waals surface area (Å²) in [5.74, 6) is 0.640. The SMILES string of the molecule is c1ccc(-c2ccc3c4ccc(-c5ccccc5)cc4n(-c4nccc(-c5cccc([Si](c6ccccc6)(c6ccccc6)c6ccccc6)c5)n4)c3c2)cc1. The summed E-state index contributed by atoms with van der Waals surface area (Å²) >= 11 is 0. The molecule has 0 aliphatic rings. The van der Waals surface area contributed by atoms with Crippen LogP contribution in [0.2, 0.25) is 0 Å². The topological polar surface area (TPSA) is 30.7 Å². The number of aromatic nitrogens is 3. The van der Waals surface area contributed by atoms with Gasteiger partial charge in [-0.3, -0.25) is 4.57 Å². The molecule has 0 unspecified atom stereocenters. The Balaban J connectivity index is 1.18. The largest absolute Gasteiger partial charge is 0.278 e. The highest BCUT2D eigenvalue weighted by molar-refractivity contribution is 7.19. The van der Waals surface area contributed by atoms with Crippen LogP contribution in [0.4, 0.5) is 0 Å². The van der Waals surface area contributed by atoms with Gasteiger partial charge in [0.25, 0.3) is 0 Å². The summed E-state index contributed by atoms with van der Waals surface area (Å²) in [6, 6.07) is 78.9. The molecule has 0 radical (unpaired) electrons. The molecule has 0 aliphatic heterocycles. The third kappa shape index (κ3) is 5.75. The molecule has 2 aromatic heterocycles. The fourth-order valence-corrected chi connectivity index (χ4v) is 13.2. The van der Waals surface area contributed by atoms with Crippen LogP contribution in [0.3, 0.4) is 0 Å². The van der Waals surface area contributed by atoms with Gasteiger partial charge in [0.05, 0.1) is 16.7 Å². The smallest absolute Gasteiger partial charge is 0.235 e. The van der Waals surface area contributed by atoms with E-state index in [4.69, 9.17) is 9.97 Å². The lowest BCUT2D eigenvalue weighted by Gasteiger charge is -2.34. The molecule has 8 aromatic carbocycles. The van der Waals surface area contributed by atoms with Crippen LogP contribution in [-0.4, -0.2) is 22.6 Å². The van der Waals surface area contributed by atoms with E-state index in [9.17, 15) is 0 Å². The van der Waals surface area contributed by atoms with E-state index in [1.165, 1.54) is 42.6 Å². The summed E-state index contributed by atoms with van der Waals surface area (Å²) in [5.41, 5.74) is 8.72. The molecule has 0 atom stereocenters. The normalized spacial score (nSPS) is 11.6. The third-order valence-electron chi connectivity index (χ3n) is 11.0. The highest BCUT2D eigenvalue weighted by Gasteiger charge is 2.41. The predicted molar refractivity (Wildman–Crippen MR) is 236 cm³/mol. The van der Waals surface area contributed by atoms with E-state index in [1.807, 2.05) is 12.3 Å². The van der Waals surface area contributed by atoms with Gasteiger partial charge in [-0.1, -0.05) is 200 Å². The van der Waals surface area contributed by atoms with Crippen molar-refractivity contribution in [3.63, 3.8) is 0 Å². The van der Waals surface area contributed by atoms with Crippen LogP contribution in [-0.2, 0) is 0 Å². The quantitative estimate of drug-likeness (QED) is 0.115. The average Bonchev–Trinajstić information content (AvgIpc) is 3.61. The van der Waals surface area contributed by atoms with Crippen LogP contribution in [0.5, 0.6) is 0 Å². The van der Waals surface area contributed by atoms with Gasteiger partial charge in [0, 0.05) is 22.5 Å². The van der Waals surface area contributed by atoms with E-state index >= 15 is 0 Å². The van der Waals surface area contributed by atoms with E-state index in [0.717, 1.165) is 33.4 Å². The summed E-state index contributed by atoms with van der Waals surface area (Å²) in [6.07, 6.45) is 1.90. The van der Waals surface area contributed by atoms with E-state index in [0.29, 0.717) is 5.95 Å². The van der Waals surface area contributed by atoms with Crippen LogP contribution in [0.25, 0.3) is 61.3 Å². The molecule has 0 fully saturated rings. The van der Waals surface area contributed by atoms with Crippen molar-refractivity contribution in [2.24, 2.45) is 0 Å². The van der Waals surface area contributed by atoms with Crippen molar-refractivity contribution in [2.75, 3.05) is 0 Å². The molecule has 264 valence electrons. The number of hydrogen-bond donors (Lipinski definition) is 0. The third-order valence-corrected chi connectivity index (χ3v) is 15.8. The minimum atomic E-state index is -2.73. The lowest BCUT2D eigenvalue weighted by Crippen LogP contribution is -2.74. The molecule has 10 rings (SSSR count). The molecule has 2 heterocycles. The monoisotopic (exact) mass is 731 g/mol. The van der Waals surface area contributed by atoms with E-state index < -0.39 is 8.07 Å². The van der Waals surface area contributed by atoms with Gasteiger partial charge in [-0.15, -0.1) is 0 Å². The van der Waals surface area contributed by atoms with Crippen molar-refractivity contribution in [1.82, 2.24) is 14.5 Å². The predicted octanol–water partition coefficient (Wildman–Crippen LogP) is 9.95. The van der Waals surface area contributed by atoms with Crippen molar-refractivity contribution in [3.05, 3.63) is 225 Å². The van der Waals surface area contributed by atoms with Gasteiger partial charge in [-0.25, -0.2) is 9.97 Å². The number of benzene rings is 8. The zero-order valence-corrected chi connectivity index (χ0v) is 31.7. The molecule has 0 spiro atoms. The Morgan fingerprint density at radius 3 is 1.25 bits per heavy atom. The minimum Gasteiger partial charge on any atom is -0.278 e. The Bertz CT molecular complexity index is 2750. The Hall–Kier alpha value is -7.14. The number of rotatable bonds is 8. The molecule has 10 aromatic rings. The van der Waals surface area contributed by atoms with E-state index in [-0.39, 0.29) is 0 Å². The van der Waals surface area contributed by atoms with Gasteiger partial charge in [0.1, 0.15) is 0 Å². The maximum Gasteiger partial charge on any atom is 0.235 e.